The number of halogens is 5. The van der Waals surface area contributed by atoms with Crippen molar-refractivity contribution in [2.75, 3.05) is 31.9 Å². The molecular weight excluding hydrogens is 507 g/mol. The Morgan fingerprint density at radius 1 is 1.22 bits per heavy atom. The molecule has 1 fully saturated rings. The van der Waals surface area contributed by atoms with Crippen molar-refractivity contribution in [2.24, 2.45) is 16.6 Å². The molecule has 4 atom stereocenters. The summed E-state index contributed by atoms with van der Waals surface area (Å²) in [6.07, 6.45) is -4.09. The van der Waals surface area contributed by atoms with E-state index in [2.05, 4.69) is 20.0 Å². The third-order valence-electron chi connectivity index (χ3n) is 6.44. The van der Waals surface area contributed by atoms with Crippen LogP contribution in [-0.4, -0.2) is 61.8 Å². The minimum absolute atomic E-state index is 0.0626. The Bertz CT molecular complexity index is 1250. The molecule has 3 aliphatic rings. The van der Waals surface area contributed by atoms with Crippen LogP contribution >= 0.6 is 0 Å². The van der Waals surface area contributed by atoms with Crippen molar-refractivity contribution in [1.82, 2.24) is 4.98 Å². The van der Waals surface area contributed by atoms with Crippen molar-refractivity contribution >= 4 is 17.6 Å². The van der Waals surface area contributed by atoms with E-state index < -0.39 is 61.5 Å². The van der Waals surface area contributed by atoms with Crippen molar-refractivity contribution in [1.29, 1.82) is 0 Å². The zero-order valence-electron chi connectivity index (χ0n) is 19.1. The SMILES string of the molecule is NC1=N[C@](CF)(c2cc(NC(=O)c3cc4c(cn3)OC(F)(F)CO4)ccc2F)[C@H]2CO[C@H](CF)C[C@H]2O1. The summed E-state index contributed by atoms with van der Waals surface area (Å²) in [5.41, 5.74) is 3.59. The van der Waals surface area contributed by atoms with Gasteiger partial charge in [0.05, 0.1) is 24.8 Å². The van der Waals surface area contributed by atoms with Crippen molar-refractivity contribution < 1.29 is 45.7 Å². The molecule has 0 bridgehead atoms. The number of aliphatic imine (C=N–C) groups is 1. The van der Waals surface area contributed by atoms with Gasteiger partial charge in [0.25, 0.3) is 11.9 Å². The summed E-state index contributed by atoms with van der Waals surface area (Å²) in [4.78, 5) is 20.7. The fraction of sp³-hybridized carbons (Fsp3) is 0.435. The molecule has 1 aromatic carbocycles. The van der Waals surface area contributed by atoms with Crippen LogP contribution in [0.5, 0.6) is 11.5 Å². The third-order valence-corrected chi connectivity index (χ3v) is 6.44. The van der Waals surface area contributed by atoms with Crippen molar-refractivity contribution in [2.45, 2.75) is 30.3 Å². The second kappa shape index (κ2) is 9.32. The quantitative estimate of drug-likeness (QED) is 0.573. The van der Waals surface area contributed by atoms with Gasteiger partial charge in [-0.15, -0.1) is 0 Å². The maximum Gasteiger partial charge on any atom is 0.433 e. The van der Waals surface area contributed by atoms with Crippen LogP contribution in [-0.2, 0) is 15.0 Å². The molecule has 5 rings (SSSR count). The zero-order valence-corrected chi connectivity index (χ0v) is 19.1. The van der Waals surface area contributed by atoms with E-state index in [-0.39, 0.29) is 47.5 Å². The first-order chi connectivity index (χ1) is 17.6. The lowest BCUT2D eigenvalue weighted by Gasteiger charge is -2.46. The Kier molecular flexibility index (Phi) is 6.30. The van der Waals surface area contributed by atoms with Gasteiger partial charge in [-0.3, -0.25) is 4.79 Å². The van der Waals surface area contributed by atoms with Gasteiger partial charge in [0.2, 0.25) is 0 Å². The minimum Gasteiger partial charge on any atom is -0.479 e. The van der Waals surface area contributed by atoms with E-state index in [9.17, 15) is 22.4 Å². The first kappa shape index (κ1) is 25.0. The van der Waals surface area contributed by atoms with Crippen LogP contribution in [0.25, 0.3) is 0 Å². The molecular formula is C23H21F5N4O5. The first-order valence-corrected chi connectivity index (χ1v) is 11.2. The van der Waals surface area contributed by atoms with E-state index >= 15 is 4.39 Å². The number of nitrogens with two attached hydrogens (primary N) is 1. The van der Waals surface area contributed by atoms with E-state index in [0.29, 0.717) is 0 Å². The number of alkyl halides is 4. The molecule has 198 valence electrons. The summed E-state index contributed by atoms with van der Waals surface area (Å²) in [5.74, 6) is -2.88. The van der Waals surface area contributed by atoms with E-state index in [4.69, 9.17) is 19.9 Å². The molecule has 4 heterocycles. The number of benzene rings is 1. The third kappa shape index (κ3) is 4.61. The summed E-state index contributed by atoms with van der Waals surface area (Å²) in [7, 11) is 0. The average Bonchev–Trinajstić information content (AvgIpc) is 2.88. The Hall–Kier alpha value is -3.68. The van der Waals surface area contributed by atoms with E-state index in [1.54, 1.807) is 0 Å². The van der Waals surface area contributed by atoms with Crippen LogP contribution in [0.1, 0.15) is 22.5 Å². The molecule has 0 saturated carbocycles. The molecule has 37 heavy (non-hydrogen) atoms. The lowest BCUT2D eigenvalue weighted by atomic mass is 9.73. The van der Waals surface area contributed by atoms with Gasteiger partial charge < -0.3 is 30.0 Å². The van der Waals surface area contributed by atoms with Gasteiger partial charge in [-0.1, -0.05) is 0 Å². The predicted molar refractivity (Wildman–Crippen MR) is 118 cm³/mol. The number of carbonyl (C=O) groups excluding carboxylic acids is 1. The summed E-state index contributed by atoms with van der Waals surface area (Å²) in [6, 6.07) is 4.19. The molecule has 1 saturated heterocycles. The molecule has 14 heteroatoms. The van der Waals surface area contributed by atoms with Gasteiger partial charge in [0.1, 0.15) is 36.5 Å². The van der Waals surface area contributed by atoms with Crippen LogP contribution in [0.15, 0.2) is 35.5 Å². The van der Waals surface area contributed by atoms with Gasteiger partial charge in [0.15, 0.2) is 18.1 Å². The largest absolute Gasteiger partial charge is 0.479 e. The minimum atomic E-state index is -3.53. The fourth-order valence-electron chi connectivity index (χ4n) is 4.66. The average molecular weight is 528 g/mol. The smallest absolute Gasteiger partial charge is 0.433 e. The second-order valence-electron chi connectivity index (χ2n) is 8.81. The highest BCUT2D eigenvalue weighted by Crippen LogP contribution is 2.45. The highest BCUT2D eigenvalue weighted by Gasteiger charge is 2.53. The number of carbonyl (C=O) groups is 1. The Labute approximate surface area is 206 Å². The van der Waals surface area contributed by atoms with E-state index in [1.165, 1.54) is 12.1 Å². The first-order valence-electron chi connectivity index (χ1n) is 11.2. The monoisotopic (exact) mass is 528 g/mol. The molecule has 3 aliphatic heterocycles. The van der Waals surface area contributed by atoms with E-state index in [0.717, 1.165) is 18.3 Å². The molecule has 0 radical (unpaired) electrons. The fourth-order valence-corrected chi connectivity index (χ4v) is 4.66. The van der Waals surface area contributed by atoms with Crippen LogP contribution in [0, 0.1) is 11.7 Å². The van der Waals surface area contributed by atoms with E-state index in [1.807, 2.05) is 0 Å². The second-order valence-corrected chi connectivity index (χ2v) is 8.81. The van der Waals surface area contributed by atoms with Crippen LogP contribution in [0.4, 0.5) is 27.6 Å². The lowest BCUT2D eigenvalue weighted by molar-refractivity contribution is -0.209. The number of fused-ring (bicyclic) bond motifs is 2. The zero-order chi connectivity index (χ0) is 26.4. The molecule has 0 unspecified atom stereocenters. The molecule has 1 amide bonds. The number of amidine groups is 1. The number of hydrogen-bond acceptors (Lipinski definition) is 8. The number of amides is 1. The van der Waals surface area contributed by atoms with Gasteiger partial charge in [-0.05, 0) is 18.2 Å². The lowest BCUT2D eigenvalue weighted by Crippen LogP contribution is -2.56. The predicted octanol–water partition coefficient (Wildman–Crippen LogP) is 3.09. The normalized spacial score (nSPS) is 27.9. The van der Waals surface area contributed by atoms with Crippen LogP contribution in [0.3, 0.4) is 0 Å². The molecule has 0 aliphatic carbocycles. The van der Waals surface area contributed by atoms with Gasteiger partial charge in [-0.2, -0.15) is 8.78 Å². The van der Waals surface area contributed by atoms with Crippen LogP contribution < -0.4 is 20.5 Å². The number of nitrogens with one attached hydrogen (secondary N) is 1. The summed E-state index contributed by atoms with van der Waals surface area (Å²) in [6.45, 7) is -3.15. The standard InChI is InChI=1S/C23H21F5N4O5/c24-6-12-4-17-14(8-34-12)22(9-25,32-21(29)36-17)13-3-11(1-2-15(13)26)31-20(33)16-5-18-19(7-30-16)37-23(27,28)10-35-18/h1-3,5,7,12,14,17H,4,6,8-10H2,(H2,29,32)(H,31,33)/t12-,14-,17+,22+/m0/s1. The summed E-state index contributed by atoms with van der Waals surface area (Å²) >= 11 is 0. The number of rotatable bonds is 5. The summed E-state index contributed by atoms with van der Waals surface area (Å²) < 4.78 is 90.0. The number of nitrogens with zero attached hydrogens (tertiary/aromatic N) is 2. The highest BCUT2D eigenvalue weighted by molar-refractivity contribution is 6.03. The number of hydrogen-bond donors (Lipinski definition) is 2. The van der Waals surface area contributed by atoms with Gasteiger partial charge >= 0.3 is 6.11 Å². The Morgan fingerprint density at radius 3 is 2.78 bits per heavy atom. The Balaban J connectivity index is 1.43. The molecule has 2 aromatic rings. The molecule has 9 nitrogen and oxygen atoms in total. The van der Waals surface area contributed by atoms with Gasteiger partial charge in [-0.25, -0.2) is 23.1 Å². The topological polar surface area (TPSA) is 117 Å². The highest BCUT2D eigenvalue weighted by atomic mass is 19.3. The number of pyridine rings is 1. The maximum atomic E-state index is 15.1. The summed E-state index contributed by atoms with van der Waals surface area (Å²) in [5, 5.41) is 2.50. The number of anilines is 1. The van der Waals surface area contributed by atoms with Gasteiger partial charge in [0, 0.05) is 23.7 Å². The molecule has 1 aromatic heterocycles. The molecule has 3 N–H and O–H groups in total. The van der Waals surface area contributed by atoms with Crippen molar-refractivity contribution in [3.63, 3.8) is 0 Å². The van der Waals surface area contributed by atoms with Crippen LogP contribution in [0.2, 0.25) is 0 Å². The number of aromatic nitrogens is 1. The number of ether oxygens (including phenoxy) is 4. The maximum absolute atomic E-state index is 15.1. The molecule has 0 spiro atoms. The van der Waals surface area contributed by atoms with Crippen molar-refractivity contribution in [3.05, 3.63) is 47.5 Å². The Morgan fingerprint density at radius 2 is 2.03 bits per heavy atom. The van der Waals surface area contributed by atoms with Crippen molar-refractivity contribution in [3.8, 4) is 11.5 Å².